The van der Waals surface area contributed by atoms with Crippen LogP contribution in [0.1, 0.15) is 181 Å². The Labute approximate surface area is 248 Å². The maximum absolute atomic E-state index is 11.8. The minimum absolute atomic E-state index is 0.0535. The van der Waals surface area contributed by atoms with Crippen molar-refractivity contribution in [3.63, 3.8) is 0 Å². The fourth-order valence-electron chi connectivity index (χ4n) is 4.72. The second-order valence-electron chi connectivity index (χ2n) is 11.2. The Balaban J connectivity index is 0. The number of esters is 1. The van der Waals surface area contributed by atoms with Gasteiger partial charge in [0, 0.05) is 13.0 Å². The Morgan fingerprint density at radius 2 is 0.775 bits per heavy atom. The number of carbonyl (C=O) groups is 1. The van der Waals surface area contributed by atoms with Crippen LogP contribution in [0, 0.1) is 0 Å². The molecule has 0 heterocycles. The third kappa shape index (κ3) is 47.1. The summed E-state index contributed by atoms with van der Waals surface area (Å²) in [5.41, 5.74) is 0. The van der Waals surface area contributed by atoms with Crippen molar-refractivity contribution in [3.8, 4) is 0 Å². The third-order valence-corrected chi connectivity index (χ3v) is 7.12. The van der Waals surface area contributed by atoms with E-state index in [0.29, 0.717) is 19.6 Å². The molecule has 0 fully saturated rings. The SMILES string of the molecule is CCCCCCCCCCCCCCCCCC(=O)OCCOCCCCCCCCCCCC.O=S(=O)(O)O. The van der Waals surface area contributed by atoms with Crippen LogP contribution in [0.3, 0.4) is 0 Å². The molecular formula is C32H66O7S. The lowest BCUT2D eigenvalue weighted by Crippen LogP contribution is -2.10. The highest BCUT2D eigenvalue weighted by molar-refractivity contribution is 7.79. The highest BCUT2D eigenvalue weighted by atomic mass is 32.3. The molecule has 0 aromatic rings. The summed E-state index contributed by atoms with van der Waals surface area (Å²) in [6.45, 7) is 6.31. The van der Waals surface area contributed by atoms with Gasteiger partial charge in [-0.1, -0.05) is 162 Å². The molecule has 2 N–H and O–H groups in total. The van der Waals surface area contributed by atoms with Gasteiger partial charge in [0.2, 0.25) is 0 Å². The van der Waals surface area contributed by atoms with E-state index in [1.165, 1.54) is 141 Å². The first-order valence-corrected chi connectivity index (χ1v) is 18.1. The summed E-state index contributed by atoms with van der Waals surface area (Å²) < 4.78 is 42.5. The molecule has 0 aliphatic carbocycles. The maximum Gasteiger partial charge on any atom is 0.394 e. The smallest absolute Gasteiger partial charge is 0.394 e. The molecule has 0 aliphatic rings. The zero-order chi connectivity index (χ0) is 30.0. The zero-order valence-electron chi connectivity index (χ0n) is 26.4. The highest BCUT2D eigenvalue weighted by Crippen LogP contribution is 2.14. The molecule has 242 valence electrons. The molecule has 0 atom stereocenters. The number of hydrogen-bond acceptors (Lipinski definition) is 5. The van der Waals surface area contributed by atoms with Crippen molar-refractivity contribution in [2.45, 2.75) is 181 Å². The van der Waals surface area contributed by atoms with Crippen LogP contribution in [-0.2, 0) is 24.7 Å². The summed E-state index contributed by atoms with van der Waals surface area (Å²) in [5, 5.41) is 0. The quantitative estimate of drug-likeness (QED) is 0.0483. The minimum atomic E-state index is -4.67. The van der Waals surface area contributed by atoms with Crippen molar-refractivity contribution < 1.29 is 31.8 Å². The largest absolute Gasteiger partial charge is 0.463 e. The Morgan fingerprint density at radius 1 is 0.475 bits per heavy atom. The zero-order valence-corrected chi connectivity index (χ0v) is 27.2. The first-order valence-electron chi connectivity index (χ1n) is 16.7. The molecule has 0 amide bonds. The molecule has 40 heavy (non-hydrogen) atoms. The van der Waals surface area contributed by atoms with Crippen LogP contribution in [0.5, 0.6) is 0 Å². The van der Waals surface area contributed by atoms with Crippen molar-refractivity contribution >= 4 is 16.4 Å². The van der Waals surface area contributed by atoms with E-state index in [1.54, 1.807) is 0 Å². The topological polar surface area (TPSA) is 110 Å². The van der Waals surface area contributed by atoms with E-state index in [4.69, 9.17) is 27.0 Å². The fraction of sp³-hybridized carbons (Fsp3) is 0.969. The van der Waals surface area contributed by atoms with Gasteiger partial charge >= 0.3 is 16.4 Å². The molecule has 0 saturated carbocycles. The van der Waals surface area contributed by atoms with Crippen LogP contribution in [0.25, 0.3) is 0 Å². The van der Waals surface area contributed by atoms with Crippen LogP contribution in [0.15, 0.2) is 0 Å². The standard InChI is InChI=1S/C32H64O3.H2O4S/c1-3-5-7-9-11-13-15-16-17-18-19-20-22-24-26-28-32(33)35-31-30-34-29-27-25-23-21-14-12-10-8-6-4-2;1-5(2,3)4/h3-31H2,1-2H3;(H2,1,2,3,4). The van der Waals surface area contributed by atoms with E-state index >= 15 is 0 Å². The van der Waals surface area contributed by atoms with E-state index in [0.717, 1.165) is 25.9 Å². The molecule has 0 rings (SSSR count). The van der Waals surface area contributed by atoms with Crippen LogP contribution in [0.2, 0.25) is 0 Å². The normalized spacial score (nSPS) is 11.3. The van der Waals surface area contributed by atoms with Crippen LogP contribution >= 0.6 is 0 Å². The minimum Gasteiger partial charge on any atom is -0.463 e. The number of unbranched alkanes of at least 4 members (excludes halogenated alkanes) is 23. The molecular weight excluding hydrogens is 528 g/mol. The number of ether oxygens (including phenoxy) is 2. The predicted octanol–water partition coefficient (Wildman–Crippen LogP) is 10.1. The molecule has 0 aromatic carbocycles. The summed E-state index contributed by atoms with van der Waals surface area (Å²) in [7, 11) is -4.67. The molecule has 0 unspecified atom stereocenters. The second kappa shape index (κ2) is 34.5. The van der Waals surface area contributed by atoms with Crippen LogP contribution in [0.4, 0.5) is 0 Å². The Hall–Kier alpha value is -0.700. The first kappa shape index (κ1) is 41.4. The lowest BCUT2D eigenvalue weighted by molar-refractivity contribution is -0.145. The number of carbonyl (C=O) groups excluding carboxylic acids is 1. The summed E-state index contributed by atoms with van der Waals surface area (Å²) in [6.07, 6.45) is 34.2. The lowest BCUT2D eigenvalue weighted by Gasteiger charge is -2.07. The monoisotopic (exact) mass is 594 g/mol. The number of hydrogen-bond donors (Lipinski definition) is 2. The van der Waals surface area contributed by atoms with Crippen molar-refractivity contribution in [3.05, 3.63) is 0 Å². The highest BCUT2D eigenvalue weighted by Gasteiger charge is 2.03. The van der Waals surface area contributed by atoms with Gasteiger partial charge in [0.1, 0.15) is 6.61 Å². The fourth-order valence-corrected chi connectivity index (χ4v) is 4.72. The Morgan fingerprint density at radius 3 is 1.12 bits per heavy atom. The van der Waals surface area contributed by atoms with Gasteiger partial charge in [-0.2, -0.15) is 8.42 Å². The molecule has 0 bridgehead atoms. The number of rotatable bonds is 30. The average molecular weight is 595 g/mol. The van der Waals surface area contributed by atoms with Crippen molar-refractivity contribution in [1.82, 2.24) is 0 Å². The van der Waals surface area contributed by atoms with Crippen molar-refractivity contribution in [2.75, 3.05) is 19.8 Å². The van der Waals surface area contributed by atoms with E-state index in [9.17, 15) is 4.79 Å². The van der Waals surface area contributed by atoms with E-state index < -0.39 is 10.4 Å². The van der Waals surface area contributed by atoms with Gasteiger partial charge in [-0.3, -0.25) is 13.9 Å². The summed E-state index contributed by atoms with van der Waals surface area (Å²) in [6, 6.07) is 0. The summed E-state index contributed by atoms with van der Waals surface area (Å²) in [5.74, 6) is -0.0535. The molecule has 0 aromatic heterocycles. The molecule has 8 heteroatoms. The third-order valence-electron chi connectivity index (χ3n) is 7.12. The van der Waals surface area contributed by atoms with Gasteiger partial charge in [0.05, 0.1) is 6.61 Å². The molecule has 7 nitrogen and oxygen atoms in total. The molecule has 0 aliphatic heterocycles. The Bertz CT molecular complexity index is 588. The summed E-state index contributed by atoms with van der Waals surface area (Å²) in [4.78, 5) is 11.8. The van der Waals surface area contributed by atoms with Gasteiger partial charge in [-0.05, 0) is 12.8 Å². The molecule has 0 saturated heterocycles. The van der Waals surface area contributed by atoms with E-state index in [2.05, 4.69) is 13.8 Å². The lowest BCUT2D eigenvalue weighted by atomic mass is 10.0. The molecule has 0 spiro atoms. The van der Waals surface area contributed by atoms with Gasteiger partial charge in [0.15, 0.2) is 0 Å². The first-order chi connectivity index (χ1) is 19.3. The predicted molar refractivity (Wildman–Crippen MR) is 167 cm³/mol. The Kier molecular flexibility index (Phi) is 35.7. The average Bonchev–Trinajstić information content (AvgIpc) is 2.90. The molecule has 0 radical (unpaired) electrons. The van der Waals surface area contributed by atoms with E-state index in [-0.39, 0.29) is 5.97 Å². The van der Waals surface area contributed by atoms with Crippen LogP contribution < -0.4 is 0 Å². The van der Waals surface area contributed by atoms with Gasteiger partial charge in [0.25, 0.3) is 0 Å². The maximum atomic E-state index is 11.8. The van der Waals surface area contributed by atoms with Gasteiger partial charge in [-0.15, -0.1) is 0 Å². The second-order valence-corrected chi connectivity index (χ2v) is 12.1. The van der Waals surface area contributed by atoms with Crippen molar-refractivity contribution in [2.24, 2.45) is 0 Å². The van der Waals surface area contributed by atoms with Crippen LogP contribution in [-0.4, -0.2) is 43.3 Å². The summed E-state index contributed by atoms with van der Waals surface area (Å²) >= 11 is 0. The van der Waals surface area contributed by atoms with E-state index in [1.807, 2.05) is 0 Å². The van der Waals surface area contributed by atoms with Gasteiger partial charge < -0.3 is 9.47 Å². The van der Waals surface area contributed by atoms with Gasteiger partial charge in [-0.25, -0.2) is 0 Å². The van der Waals surface area contributed by atoms with Crippen molar-refractivity contribution in [1.29, 1.82) is 0 Å².